The molecule has 6 nitrogen and oxygen atoms in total. The monoisotopic (exact) mass is 368 g/mol. The second kappa shape index (κ2) is 7.43. The first-order valence-corrected chi connectivity index (χ1v) is 10.1. The molecule has 0 amide bonds. The van der Waals surface area contributed by atoms with Crippen LogP contribution >= 0.6 is 0 Å². The van der Waals surface area contributed by atoms with Gasteiger partial charge in [0.05, 0.1) is 11.4 Å². The van der Waals surface area contributed by atoms with Crippen LogP contribution in [0.5, 0.6) is 0 Å². The van der Waals surface area contributed by atoms with Crippen molar-refractivity contribution in [2.24, 2.45) is 0 Å². The summed E-state index contributed by atoms with van der Waals surface area (Å²) in [4.78, 5) is 13.2. The van der Waals surface area contributed by atoms with Gasteiger partial charge in [-0.3, -0.25) is 9.69 Å². The van der Waals surface area contributed by atoms with Crippen LogP contribution in [-0.4, -0.2) is 49.6 Å². The van der Waals surface area contributed by atoms with Crippen molar-refractivity contribution in [3.63, 3.8) is 0 Å². The van der Waals surface area contributed by atoms with Crippen LogP contribution in [-0.2, 0) is 14.8 Å². The number of carboxylic acid groups (broad SMARTS) is 1. The maximum atomic E-state index is 12.9. The minimum atomic E-state index is -3.59. The number of aryl methyl sites for hydroxylation is 2. The first-order valence-electron chi connectivity index (χ1n) is 8.62. The first-order chi connectivity index (χ1) is 11.6. The highest BCUT2D eigenvalue weighted by Gasteiger charge is 2.37. The molecule has 2 N–H and O–H groups in total. The average Bonchev–Trinajstić information content (AvgIpc) is 2.46. The van der Waals surface area contributed by atoms with E-state index in [0.717, 1.165) is 22.3 Å². The molecule has 0 aromatic heterocycles. The third kappa shape index (κ3) is 4.22. The lowest BCUT2D eigenvalue weighted by Gasteiger charge is -2.42. The maximum Gasteiger partial charge on any atom is 0.317 e. The number of aliphatic carboxylic acids is 1. The molecule has 0 spiro atoms. The molecular weight excluding hydrogens is 340 g/mol. The molecule has 7 heteroatoms. The summed E-state index contributed by atoms with van der Waals surface area (Å²) >= 11 is 0. The minimum Gasteiger partial charge on any atom is -0.480 e. The molecule has 1 saturated carbocycles. The third-order valence-corrected chi connectivity index (χ3v) is 7.06. The van der Waals surface area contributed by atoms with Crippen molar-refractivity contribution in [2.75, 3.05) is 13.1 Å². The average molecular weight is 368 g/mol. The lowest BCUT2D eigenvalue weighted by molar-refractivity contribution is -0.139. The molecule has 0 unspecified atom stereocenters. The minimum absolute atomic E-state index is 0.00404. The Kier molecular flexibility index (Phi) is 5.91. The summed E-state index contributed by atoms with van der Waals surface area (Å²) in [5, 5.41) is 8.94. The summed E-state index contributed by atoms with van der Waals surface area (Å²) < 4.78 is 28.6. The summed E-state index contributed by atoms with van der Waals surface area (Å²) in [6.07, 6.45) is 1.28. The topological polar surface area (TPSA) is 86.7 Å². The van der Waals surface area contributed by atoms with Crippen molar-refractivity contribution in [1.29, 1.82) is 0 Å². The molecule has 1 aliphatic carbocycles. The van der Waals surface area contributed by atoms with Crippen molar-refractivity contribution >= 4 is 16.0 Å². The molecule has 1 aromatic carbocycles. The zero-order valence-electron chi connectivity index (χ0n) is 15.6. The number of rotatable bonds is 7. The molecule has 0 radical (unpaired) electrons. The lowest BCUT2D eigenvalue weighted by atomic mass is 9.86. The predicted octanol–water partition coefficient (Wildman–Crippen LogP) is 2.14. The van der Waals surface area contributed by atoms with Crippen LogP contribution in [0.15, 0.2) is 11.0 Å². The quantitative estimate of drug-likeness (QED) is 0.770. The van der Waals surface area contributed by atoms with Crippen LogP contribution in [0, 0.1) is 27.7 Å². The molecule has 1 aromatic rings. The second-order valence-electron chi connectivity index (χ2n) is 6.99. The summed E-state index contributed by atoms with van der Waals surface area (Å²) in [5.41, 5.74) is 3.50. The van der Waals surface area contributed by atoms with Crippen molar-refractivity contribution in [3.05, 3.63) is 28.3 Å². The number of hydrogen-bond donors (Lipinski definition) is 2. The predicted molar refractivity (Wildman–Crippen MR) is 97.4 cm³/mol. The summed E-state index contributed by atoms with van der Waals surface area (Å²) in [6.45, 7) is 10.1. The largest absolute Gasteiger partial charge is 0.480 e. The number of sulfonamides is 1. The van der Waals surface area contributed by atoms with Crippen LogP contribution in [0.1, 0.15) is 42.0 Å². The second-order valence-corrected chi connectivity index (χ2v) is 8.64. The number of nitrogens with one attached hydrogen (secondary N) is 1. The van der Waals surface area contributed by atoms with E-state index in [1.165, 1.54) is 0 Å². The first kappa shape index (κ1) is 19.9. The molecule has 2 rings (SSSR count). The Hall–Kier alpha value is -1.44. The van der Waals surface area contributed by atoms with Crippen molar-refractivity contribution in [1.82, 2.24) is 9.62 Å². The molecule has 0 saturated heterocycles. The lowest BCUT2D eigenvalue weighted by Crippen LogP contribution is -2.54. The number of nitrogens with zero attached hydrogens (tertiary/aromatic N) is 1. The molecule has 1 fully saturated rings. The Morgan fingerprint density at radius 2 is 1.72 bits per heavy atom. The van der Waals surface area contributed by atoms with E-state index in [1.807, 2.05) is 45.6 Å². The van der Waals surface area contributed by atoms with Gasteiger partial charge in [0.15, 0.2) is 0 Å². The van der Waals surface area contributed by atoms with E-state index in [2.05, 4.69) is 4.72 Å². The van der Waals surface area contributed by atoms with Crippen molar-refractivity contribution in [2.45, 2.75) is 64.4 Å². The number of likely N-dealkylation sites (N-methyl/N-ethyl adjacent to an activating group) is 1. The fourth-order valence-electron chi connectivity index (χ4n) is 3.52. The van der Waals surface area contributed by atoms with E-state index in [9.17, 15) is 13.2 Å². The van der Waals surface area contributed by atoms with E-state index in [4.69, 9.17) is 5.11 Å². The van der Waals surface area contributed by atoms with Gasteiger partial charge in [-0.1, -0.05) is 13.0 Å². The molecule has 1 aliphatic rings. The number of hydrogen-bond acceptors (Lipinski definition) is 4. The van der Waals surface area contributed by atoms with E-state index in [0.29, 0.717) is 24.3 Å². The summed E-state index contributed by atoms with van der Waals surface area (Å²) in [7, 11) is -3.59. The highest BCUT2D eigenvalue weighted by Crippen LogP contribution is 2.30. The molecule has 0 heterocycles. The van der Waals surface area contributed by atoms with E-state index < -0.39 is 16.0 Å². The molecule has 0 bridgehead atoms. The molecule has 25 heavy (non-hydrogen) atoms. The molecule has 140 valence electrons. The zero-order valence-corrected chi connectivity index (χ0v) is 16.4. The maximum absolute atomic E-state index is 12.9. The van der Waals surface area contributed by atoms with Gasteiger partial charge < -0.3 is 5.11 Å². The zero-order chi connectivity index (χ0) is 18.9. The van der Waals surface area contributed by atoms with Crippen LogP contribution in [0.4, 0.5) is 0 Å². The fourth-order valence-corrected chi connectivity index (χ4v) is 5.39. The Labute approximate surface area is 150 Å². The third-order valence-electron chi connectivity index (χ3n) is 5.26. The Morgan fingerprint density at radius 3 is 2.16 bits per heavy atom. The van der Waals surface area contributed by atoms with Gasteiger partial charge in [-0.15, -0.1) is 0 Å². The van der Waals surface area contributed by atoms with Crippen LogP contribution < -0.4 is 4.72 Å². The van der Waals surface area contributed by atoms with Crippen LogP contribution in [0.2, 0.25) is 0 Å². The van der Waals surface area contributed by atoms with E-state index >= 15 is 0 Å². The van der Waals surface area contributed by atoms with Gasteiger partial charge in [-0.25, -0.2) is 13.1 Å². The van der Waals surface area contributed by atoms with Crippen molar-refractivity contribution < 1.29 is 18.3 Å². The van der Waals surface area contributed by atoms with Gasteiger partial charge in [0.1, 0.15) is 0 Å². The van der Waals surface area contributed by atoms with Gasteiger partial charge in [0, 0.05) is 12.1 Å². The normalized spacial score (nSPS) is 20.6. The van der Waals surface area contributed by atoms with Gasteiger partial charge in [-0.2, -0.15) is 0 Å². The highest BCUT2D eigenvalue weighted by molar-refractivity contribution is 7.89. The Morgan fingerprint density at radius 1 is 1.20 bits per heavy atom. The summed E-state index contributed by atoms with van der Waals surface area (Å²) in [6, 6.07) is 1.99. The smallest absolute Gasteiger partial charge is 0.317 e. The van der Waals surface area contributed by atoms with Gasteiger partial charge in [0.2, 0.25) is 10.0 Å². The van der Waals surface area contributed by atoms with Crippen molar-refractivity contribution in [3.8, 4) is 0 Å². The van der Waals surface area contributed by atoms with Crippen LogP contribution in [0.3, 0.4) is 0 Å². The van der Waals surface area contributed by atoms with Gasteiger partial charge in [0.25, 0.3) is 0 Å². The van der Waals surface area contributed by atoms with Crippen LogP contribution in [0.25, 0.3) is 0 Å². The number of carbonyl (C=O) groups is 1. The molecule has 0 atom stereocenters. The molecule has 0 aliphatic heterocycles. The Bertz CT molecular complexity index is 742. The fraction of sp³-hybridized carbons (Fsp3) is 0.611. The van der Waals surface area contributed by atoms with Gasteiger partial charge >= 0.3 is 5.97 Å². The van der Waals surface area contributed by atoms with Gasteiger partial charge in [-0.05, 0) is 69.3 Å². The molecular formula is C18H28N2O4S. The SMILES string of the molecule is CCN(CC(=O)O)C1CC(NS(=O)(=O)c2c(C)c(C)cc(C)c2C)C1. The highest BCUT2D eigenvalue weighted by atomic mass is 32.2. The number of carboxylic acids is 1. The Balaban J connectivity index is 2.11. The number of benzene rings is 1. The standard InChI is InChI=1S/C18H28N2O4S/c1-6-20(10-17(21)22)16-8-15(9-16)19-25(23,24)18-13(4)11(2)7-12(3)14(18)5/h7,15-16,19H,6,8-10H2,1-5H3,(H,21,22). The van der Waals surface area contributed by atoms with E-state index in [-0.39, 0.29) is 18.6 Å². The summed E-state index contributed by atoms with van der Waals surface area (Å²) in [5.74, 6) is -0.854. The van der Waals surface area contributed by atoms with E-state index in [1.54, 1.807) is 0 Å².